The number of nitrogens with zero attached hydrogens (tertiary/aromatic N) is 5. The van der Waals surface area contributed by atoms with Crippen molar-refractivity contribution in [1.29, 1.82) is 5.26 Å². The maximum Gasteiger partial charge on any atom is 0.223 e. The molecule has 2 aromatic carbocycles. The number of aromatic nitrogens is 4. The van der Waals surface area contributed by atoms with E-state index in [4.69, 9.17) is 4.74 Å². The summed E-state index contributed by atoms with van der Waals surface area (Å²) in [6, 6.07) is 16.8. The molecule has 0 radical (unpaired) electrons. The van der Waals surface area contributed by atoms with E-state index in [9.17, 15) is 10.4 Å². The van der Waals surface area contributed by atoms with Gasteiger partial charge in [-0.05, 0) is 31.5 Å². The summed E-state index contributed by atoms with van der Waals surface area (Å²) < 4.78 is 7.53. The summed E-state index contributed by atoms with van der Waals surface area (Å²) in [5.74, 6) is 1.33. The van der Waals surface area contributed by atoms with Crippen LogP contribution in [0.2, 0.25) is 0 Å². The second kappa shape index (κ2) is 7.44. The lowest BCUT2D eigenvalue weighted by atomic mass is 10.1. The van der Waals surface area contributed by atoms with Gasteiger partial charge in [0.2, 0.25) is 5.88 Å². The first-order valence-electron chi connectivity index (χ1n) is 8.91. The van der Waals surface area contributed by atoms with E-state index < -0.39 is 0 Å². The van der Waals surface area contributed by atoms with Crippen LogP contribution >= 0.6 is 0 Å². The van der Waals surface area contributed by atoms with Crippen molar-refractivity contribution in [2.24, 2.45) is 0 Å². The highest BCUT2D eigenvalue weighted by Gasteiger charge is 2.13. The SMILES string of the molecule is Cc1nc(Oc2cc(C#N)ccc2-n2cc(O)cn2)cc(-c2ccccc2C)n1. The van der Waals surface area contributed by atoms with Gasteiger partial charge < -0.3 is 9.84 Å². The van der Waals surface area contributed by atoms with Crippen LogP contribution in [-0.4, -0.2) is 24.9 Å². The molecule has 0 aliphatic rings. The van der Waals surface area contributed by atoms with Gasteiger partial charge in [-0.2, -0.15) is 15.3 Å². The highest BCUT2D eigenvalue weighted by Crippen LogP contribution is 2.31. The van der Waals surface area contributed by atoms with Crippen molar-refractivity contribution >= 4 is 0 Å². The van der Waals surface area contributed by atoms with E-state index in [1.54, 1.807) is 31.2 Å². The maximum absolute atomic E-state index is 9.62. The van der Waals surface area contributed by atoms with Crippen molar-refractivity contribution < 1.29 is 9.84 Å². The van der Waals surface area contributed by atoms with E-state index in [0.29, 0.717) is 28.7 Å². The first kappa shape index (κ1) is 18.2. The summed E-state index contributed by atoms with van der Waals surface area (Å²) in [4.78, 5) is 8.91. The van der Waals surface area contributed by atoms with E-state index >= 15 is 0 Å². The largest absolute Gasteiger partial charge is 0.505 e. The van der Waals surface area contributed by atoms with E-state index in [1.165, 1.54) is 17.1 Å². The van der Waals surface area contributed by atoms with Crippen LogP contribution in [0.15, 0.2) is 60.9 Å². The number of benzene rings is 2. The van der Waals surface area contributed by atoms with Crippen LogP contribution in [0.25, 0.3) is 16.9 Å². The molecule has 2 aromatic heterocycles. The van der Waals surface area contributed by atoms with Crippen LogP contribution in [-0.2, 0) is 0 Å². The molecule has 1 N–H and O–H groups in total. The smallest absolute Gasteiger partial charge is 0.223 e. The van der Waals surface area contributed by atoms with Gasteiger partial charge in [0.1, 0.15) is 11.5 Å². The van der Waals surface area contributed by atoms with Gasteiger partial charge in [-0.1, -0.05) is 24.3 Å². The summed E-state index contributed by atoms with van der Waals surface area (Å²) in [6.07, 6.45) is 2.78. The van der Waals surface area contributed by atoms with Gasteiger partial charge in [0.05, 0.1) is 29.7 Å². The minimum Gasteiger partial charge on any atom is -0.505 e. The van der Waals surface area contributed by atoms with Crippen molar-refractivity contribution in [3.05, 3.63) is 77.9 Å². The summed E-state index contributed by atoms with van der Waals surface area (Å²) in [5.41, 5.74) is 3.84. The van der Waals surface area contributed by atoms with Crippen LogP contribution in [0.3, 0.4) is 0 Å². The lowest BCUT2D eigenvalue weighted by Crippen LogP contribution is -2.01. The van der Waals surface area contributed by atoms with Crippen molar-refractivity contribution in [3.8, 4) is 40.4 Å². The molecule has 142 valence electrons. The topological polar surface area (TPSA) is 96.8 Å². The van der Waals surface area contributed by atoms with E-state index in [-0.39, 0.29) is 5.75 Å². The number of aromatic hydroxyl groups is 1. The first-order valence-corrected chi connectivity index (χ1v) is 8.91. The third-order valence-corrected chi connectivity index (χ3v) is 4.35. The van der Waals surface area contributed by atoms with Gasteiger partial charge in [-0.25, -0.2) is 9.67 Å². The van der Waals surface area contributed by atoms with Crippen molar-refractivity contribution in [1.82, 2.24) is 19.7 Å². The Balaban J connectivity index is 1.78. The number of ether oxygens (including phenoxy) is 1. The third kappa shape index (κ3) is 3.77. The Hall–Kier alpha value is -4.18. The number of rotatable bonds is 4. The summed E-state index contributed by atoms with van der Waals surface area (Å²) in [6.45, 7) is 3.82. The average Bonchev–Trinajstić information content (AvgIpc) is 3.14. The van der Waals surface area contributed by atoms with Crippen LogP contribution in [0.4, 0.5) is 0 Å². The first-order chi connectivity index (χ1) is 14.0. The molecule has 0 saturated heterocycles. The molecule has 0 unspecified atom stereocenters. The predicted molar refractivity (Wildman–Crippen MR) is 107 cm³/mol. The third-order valence-electron chi connectivity index (χ3n) is 4.35. The fraction of sp³-hybridized carbons (Fsp3) is 0.0909. The van der Waals surface area contributed by atoms with E-state index in [2.05, 4.69) is 21.1 Å². The molecule has 0 amide bonds. The summed E-state index contributed by atoms with van der Waals surface area (Å²) in [7, 11) is 0. The highest BCUT2D eigenvalue weighted by molar-refractivity contribution is 5.64. The number of aryl methyl sites for hydroxylation is 2. The molecule has 0 aliphatic carbocycles. The lowest BCUT2D eigenvalue weighted by Gasteiger charge is -2.13. The van der Waals surface area contributed by atoms with E-state index in [0.717, 1.165) is 16.8 Å². The zero-order valence-electron chi connectivity index (χ0n) is 15.9. The Morgan fingerprint density at radius 2 is 1.90 bits per heavy atom. The fourth-order valence-electron chi connectivity index (χ4n) is 3.00. The van der Waals surface area contributed by atoms with Gasteiger partial charge in [0.25, 0.3) is 0 Å². The molecule has 0 atom stereocenters. The normalized spacial score (nSPS) is 10.5. The number of hydrogen-bond donors (Lipinski definition) is 1. The van der Waals surface area contributed by atoms with Crippen LogP contribution in [0.5, 0.6) is 17.4 Å². The number of nitriles is 1. The summed E-state index contributed by atoms with van der Waals surface area (Å²) in [5, 5.41) is 23.0. The highest BCUT2D eigenvalue weighted by atomic mass is 16.5. The quantitative estimate of drug-likeness (QED) is 0.564. The standard InChI is InChI=1S/C22H17N5O2/c1-14-5-3-4-6-18(14)19-10-22(26-15(2)25-19)29-21-9-16(11-23)7-8-20(21)27-13-17(28)12-24-27/h3-10,12-13,28H,1-2H3. The Labute approximate surface area is 167 Å². The monoisotopic (exact) mass is 383 g/mol. The van der Waals surface area contributed by atoms with Crippen LogP contribution in [0.1, 0.15) is 17.0 Å². The minimum atomic E-state index is 0.0278. The second-order valence-electron chi connectivity index (χ2n) is 6.49. The Bertz CT molecular complexity index is 1240. The molecule has 4 aromatic rings. The predicted octanol–water partition coefficient (Wildman–Crippen LogP) is 4.32. The molecule has 0 saturated carbocycles. The Kier molecular flexibility index (Phi) is 4.67. The molecule has 7 nitrogen and oxygen atoms in total. The molecule has 0 spiro atoms. The minimum absolute atomic E-state index is 0.0278. The zero-order valence-corrected chi connectivity index (χ0v) is 15.9. The molecule has 29 heavy (non-hydrogen) atoms. The lowest BCUT2D eigenvalue weighted by molar-refractivity contribution is 0.456. The number of hydrogen-bond acceptors (Lipinski definition) is 6. The van der Waals surface area contributed by atoms with Crippen molar-refractivity contribution in [2.45, 2.75) is 13.8 Å². The Morgan fingerprint density at radius 3 is 2.62 bits per heavy atom. The molecular formula is C22H17N5O2. The second-order valence-corrected chi connectivity index (χ2v) is 6.49. The van der Waals surface area contributed by atoms with Gasteiger partial charge in [0, 0.05) is 17.7 Å². The van der Waals surface area contributed by atoms with Crippen molar-refractivity contribution in [2.75, 3.05) is 0 Å². The maximum atomic E-state index is 9.62. The van der Waals surface area contributed by atoms with Gasteiger partial charge in [-0.3, -0.25) is 0 Å². The van der Waals surface area contributed by atoms with Gasteiger partial charge in [-0.15, -0.1) is 0 Å². The molecule has 0 fully saturated rings. The van der Waals surface area contributed by atoms with Crippen molar-refractivity contribution in [3.63, 3.8) is 0 Å². The molecular weight excluding hydrogens is 366 g/mol. The van der Waals surface area contributed by atoms with Gasteiger partial charge >= 0.3 is 0 Å². The molecule has 7 heteroatoms. The molecule has 4 rings (SSSR count). The van der Waals surface area contributed by atoms with Gasteiger partial charge in [0.15, 0.2) is 11.5 Å². The fourth-order valence-corrected chi connectivity index (χ4v) is 3.00. The molecule has 0 bridgehead atoms. The molecule has 0 aliphatic heterocycles. The summed E-state index contributed by atoms with van der Waals surface area (Å²) >= 11 is 0. The average molecular weight is 383 g/mol. The zero-order chi connectivity index (χ0) is 20.4. The van der Waals surface area contributed by atoms with Crippen LogP contribution < -0.4 is 4.74 Å². The van der Waals surface area contributed by atoms with Crippen LogP contribution in [0, 0.1) is 25.2 Å². The van der Waals surface area contributed by atoms with E-state index in [1.807, 2.05) is 31.2 Å². The Morgan fingerprint density at radius 1 is 1.07 bits per heavy atom. The molecule has 2 heterocycles.